The van der Waals surface area contributed by atoms with E-state index in [0.29, 0.717) is 12.6 Å². The molecule has 0 spiro atoms. The number of thiophene rings is 1. The predicted molar refractivity (Wildman–Crippen MR) is 117 cm³/mol. The Morgan fingerprint density at radius 3 is 2.66 bits per heavy atom. The minimum Gasteiger partial charge on any atom is -0.495 e. The van der Waals surface area contributed by atoms with Crippen LogP contribution in [0, 0.1) is 5.92 Å². The summed E-state index contributed by atoms with van der Waals surface area (Å²) in [6, 6.07) is 10.9. The maximum Gasteiger partial charge on any atom is 0.236 e. The molecule has 1 saturated carbocycles. The Morgan fingerprint density at radius 1 is 1.10 bits per heavy atom. The van der Waals surface area contributed by atoms with Gasteiger partial charge in [0.05, 0.1) is 19.3 Å². The van der Waals surface area contributed by atoms with Gasteiger partial charge < -0.3 is 14.5 Å². The fraction of sp³-hybridized carbons (Fsp3) is 0.522. The molecule has 154 valence electrons. The molecule has 1 atom stereocenters. The van der Waals surface area contributed by atoms with Gasteiger partial charge in [-0.15, -0.1) is 11.3 Å². The molecule has 3 aliphatic rings. The molecule has 3 heterocycles. The highest BCUT2D eigenvalue weighted by Gasteiger charge is 2.40. The zero-order valence-corrected chi connectivity index (χ0v) is 17.9. The summed E-state index contributed by atoms with van der Waals surface area (Å²) in [6.45, 7) is 4.84. The zero-order chi connectivity index (χ0) is 19.8. The number of fused-ring (bicyclic) bond motifs is 1. The van der Waals surface area contributed by atoms with Crippen molar-refractivity contribution in [3.05, 3.63) is 46.2 Å². The van der Waals surface area contributed by atoms with Crippen molar-refractivity contribution in [1.82, 2.24) is 9.80 Å². The second-order valence-corrected chi connectivity index (χ2v) is 9.34. The molecular formula is C23H29N3O2S. The standard InChI is InChI=1S/C23H29N3O2S/c1-28-20-5-3-2-4-19(20)24-11-13-25(14-12-24)22(27)16-26-10-8-21-18(9-15-29-21)23(26)17-6-7-17/h2-5,9,15,17,23H,6-8,10-14,16H2,1H3/t23-/m1/s1. The number of methoxy groups -OCH3 is 1. The van der Waals surface area contributed by atoms with Gasteiger partial charge in [0.25, 0.3) is 0 Å². The molecule has 0 unspecified atom stereocenters. The van der Waals surface area contributed by atoms with Crippen molar-refractivity contribution in [2.45, 2.75) is 25.3 Å². The molecule has 2 fully saturated rings. The van der Waals surface area contributed by atoms with Crippen LogP contribution >= 0.6 is 11.3 Å². The van der Waals surface area contributed by atoms with Crippen molar-refractivity contribution in [3.8, 4) is 5.75 Å². The predicted octanol–water partition coefficient (Wildman–Crippen LogP) is 3.41. The van der Waals surface area contributed by atoms with Gasteiger partial charge in [0, 0.05) is 43.6 Å². The van der Waals surface area contributed by atoms with E-state index in [9.17, 15) is 4.79 Å². The minimum absolute atomic E-state index is 0.286. The number of hydrogen-bond acceptors (Lipinski definition) is 5. The average molecular weight is 412 g/mol. The van der Waals surface area contributed by atoms with Crippen LogP contribution in [0.25, 0.3) is 0 Å². The van der Waals surface area contributed by atoms with Crippen molar-refractivity contribution in [2.24, 2.45) is 5.92 Å². The second-order valence-electron chi connectivity index (χ2n) is 8.34. The highest BCUT2D eigenvalue weighted by molar-refractivity contribution is 7.10. The first-order valence-corrected chi connectivity index (χ1v) is 11.6. The number of benzene rings is 1. The number of carbonyl (C=O) groups excluding carboxylic acids is 1. The molecule has 2 aliphatic heterocycles. The molecule has 1 amide bonds. The van der Waals surface area contributed by atoms with Gasteiger partial charge >= 0.3 is 0 Å². The van der Waals surface area contributed by atoms with Crippen molar-refractivity contribution in [3.63, 3.8) is 0 Å². The summed E-state index contributed by atoms with van der Waals surface area (Å²) in [6.07, 6.45) is 3.70. The van der Waals surface area contributed by atoms with Crippen LogP contribution in [0.3, 0.4) is 0 Å². The lowest BCUT2D eigenvalue weighted by Crippen LogP contribution is -2.52. The summed E-state index contributed by atoms with van der Waals surface area (Å²) in [5, 5.41) is 2.22. The Kier molecular flexibility index (Phi) is 5.22. The SMILES string of the molecule is COc1ccccc1N1CCN(C(=O)CN2CCc3sccc3[C@H]2C2CC2)CC1. The lowest BCUT2D eigenvalue weighted by molar-refractivity contribution is -0.133. The summed E-state index contributed by atoms with van der Waals surface area (Å²) >= 11 is 1.89. The van der Waals surface area contributed by atoms with E-state index in [1.165, 1.54) is 23.3 Å². The molecular weight excluding hydrogens is 382 g/mol. The third kappa shape index (κ3) is 3.76. The molecule has 1 aliphatic carbocycles. The normalized spacial score (nSPS) is 22.4. The second kappa shape index (κ2) is 8.00. The van der Waals surface area contributed by atoms with Crippen LogP contribution in [-0.4, -0.2) is 62.1 Å². The number of piperazine rings is 1. The van der Waals surface area contributed by atoms with Crippen LogP contribution < -0.4 is 9.64 Å². The first kappa shape index (κ1) is 18.9. The highest BCUT2D eigenvalue weighted by Crippen LogP contribution is 2.48. The third-order valence-corrected chi connectivity index (χ3v) is 7.58. The number of ether oxygens (including phenoxy) is 1. The first-order chi connectivity index (χ1) is 14.2. The maximum absolute atomic E-state index is 13.1. The summed E-state index contributed by atoms with van der Waals surface area (Å²) in [7, 11) is 1.71. The fourth-order valence-electron chi connectivity index (χ4n) is 4.90. The van der Waals surface area contributed by atoms with E-state index in [0.717, 1.165) is 56.5 Å². The highest BCUT2D eigenvalue weighted by atomic mass is 32.1. The summed E-state index contributed by atoms with van der Waals surface area (Å²) in [5.74, 6) is 1.94. The van der Waals surface area contributed by atoms with E-state index >= 15 is 0 Å². The Bertz CT molecular complexity index is 871. The van der Waals surface area contributed by atoms with E-state index < -0.39 is 0 Å². The summed E-state index contributed by atoms with van der Waals surface area (Å²) in [4.78, 5) is 21.5. The van der Waals surface area contributed by atoms with Gasteiger partial charge in [0.1, 0.15) is 5.75 Å². The monoisotopic (exact) mass is 411 g/mol. The van der Waals surface area contributed by atoms with E-state index in [1.54, 1.807) is 7.11 Å². The number of nitrogens with zero attached hydrogens (tertiary/aromatic N) is 3. The van der Waals surface area contributed by atoms with E-state index in [1.807, 2.05) is 29.5 Å². The number of hydrogen-bond donors (Lipinski definition) is 0. The molecule has 1 aromatic heterocycles. The number of rotatable bonds is 5. The van der Waals surface area contributed by atoms with Gasteiger partial charge in [-0.25, -0.2) is 0 Å². The van der Waals surface area contributed by atoms with Gasteiger partial charge in [-0.2, -0.15) is 0 Å². The quantitative estimate of drug-likeness (QED) is 0.755. The van der Waals surface area contributed by atoms with Gasteiger partial charge in [-0.1, -0.05) is 12.1 Å². The van der Waals surface area contributed by atoms with Crippen LogP contribution in [0.15, 0.2) is 35.7 Å². The Hall–Kier alpha value is -2.05. The van der Waals surface area contributed by atoms with Crippen molar-refractivity contribution >= 4 is 22.9 Å². The number of amides is 1. The molecule has 5 nitrogen and oxygen atoms in total. The van der Waals surface area contributed by atoms with E-state index in [-0.39, 0.29) is 5.91 Å². The third-order valence-electron chi connectivity index (χ3n) is 6.58. The summed E-state index contributed by atoms with van der Waals surface area (Å²) < 4.78 is 5.51. The number of carbonyl (C=O) groups is 1. The van der Waals surface area contributed by atoms with Crippen molar-refractivity contribution in [2.75, 3.05) is 51.3 Å². The van der Waals surface area contributed by atoms with Crippen LogP contribution in [0.4, 0.5) is 5.69 Å². The number of anilines is 1. The van der Waals surface area contributed by atoms with Crippen LogP contribution in [-0.2, 0) is 11.2 Å². The molecule has 0 N–H and O–H groups in total. The maximum atomic E-state index is 13.1. The zero-order valence-electron chi connectivity index (χ0n) is 17.0. The molecule has 2 aromatic rings. The van der Waals surface area contributed by atoms with Gasteiger partial charge in [-0.05, 0) is 54.3 Å². The molecule has 1 saturated heterocycles. The Labute approximate surface area is 176 Å². The van der Waals surface area contributed by atoms with Crippen LogP contribution in [0.1, 0.15) is 29.3 Å². The fourth-order valence-corrected chi connectivity index (χ4v) is 5.81. The van der Waals surface area contributed by atoms with Crippen molar-refractivity contribution in [1.29, 1.82) is 0 Å². The molecule has 1 aromatic carbocycles. The van der Waals surface area contributed by atoms with E-state index in [2.05, 4.69) is 32.2 Å². The molecule has 0 radical (unpaired) electrons. The van der Waals surface area contributed by atoms with Gasteiger partial charge in [0.2, 0.25) is 5.91 Å². The lowest BCUT2D eigenvalue weighted by Gasteiger charge is -2.40. The molecule has 29 heavy (non-hydrogen) atoms. The smallest absolute Gasteiger partial charge is 0.236 e. The van der Waals surface area contributed by atoms with Gasteiger partial charge in [0.15, 0.2) is 0 Å². The summed E-state index contributed by atoms with van der Waals surface area (Å²) in [5.41, 5.74) is 2.62. The average Bonchev–Trinajstić information content (AvgIpc) is 3.49. The Morgan fingerprint density at radius 2 is 1.90 bits per heavy atom. The van der Waals surface area contributed by atoms with Crippen LogP contribution in [0.5, 0.6) is 5.75 Å². The lowest BCUT2D eigenvalue weighted by atomic mass is 9.96. The van der Waals surface area contributed by atoms with Gasteiger partial charge in [-0.3, -0.25) is 9.69 Å². The largest absolute Gasteiger partial charge is 0.495 e. The van der Waals surface area contributed by atoms with Crippen molar-refractivity contribution < 1.29 is 9.53 Å². The first-order valence-electron chi connectivity index (χ1n) is 10.7. The minimum atomic E-state index is 0.286. The molecule has 5 rings (SSSR count). The topological polar surface area (TPSA) is 36.0 Å². The Balaban J connectivity index is 1.21. The van der Waals surface area contributed by atoms with E-state index in [4.69, 9.17) is 4.74 Å². The number of para-hydroxylation sites is 2. The molecule has 6 heteroatoms. The van der Waals surface area contributed by atoms with Crippen LogP contribution in [0.2, 0.25) is 0 Å². The molecule has 0 bridgehead atoms.